The largest absolute Gasteiger partial charge is 0.469 e. The molecule has 1 atom stereocenters. The molecule has 5 heteroatoms. The number of aliphatic hydroxyl groups is 1. The molecule has 0 spiro atoms. The van der Waals surface area contributed by atoms with Crippen LogP contribution in [0.1, 0.15) is 89.5 Å². The van der Waals surface area contributed by atoms with E-state index in [-0.39, 0.29) is 6.61 Å². The van der Waals surface area contributed by atoms with Gasteiger partial charge in [0.05, 0.1) is 18.8 Å². The second-order valence-electron chi connectivity index (χ2n) is 7.38. The number of nitrogens with zero attached hydrogens (tertiary/aromatic N) is 2. The molecule has 5 nitrogen and oxygen atoms in total. The minimum Gasteiger partial charge on any atom is -0.469 e. The van der Waals surface area contributed by atoms with Gasteiger partial charge in [0.1, 0.15) is 12.2 Å². The molecule has 0 aliphatic heterocycles. The van der Waals surface area contributed by atoms with Crippen molar-refractivity contribution in [3.05, 3.63) is 23.9 Å². The second-order valence-corrected chi connectivity index (χ2v) is 7.38. The molecule has 0 amide bonds. The van der Waals surface area contributed by atoms with Crippen LogP contribution in [0.2, 0.25) is 0 Å². The molecule has 0 aromatic carbocycles. The summed E-state index contributed by atoms with van der Waals surface area (Å²) >= 11 is 0. The average molecular weight is 391 g/mol. The van der Waals surface area contributed by atoms with Crippen molar-refractivity contribution >= 4 is 0 Å². The van der Waals surface area contributed by atoms with Gasteiger partial charge in [-0.15, -0.1) is 0 Å². The summed E-state index contributed by atoms with van der Waals surface area (Å²) < 4.78 is 11.2. The van der Waals surface area contributed by atoms with Crippen molar-refractivity contribution in [2.24, 2.45) is 0 Å². The highest BCUT2D eigenvalue weighted by Crippen LogP contribution is 2.12. The molecule has 0 radical (unpaired) electrons. The minimum absolute atomic E-state index is 0.125. The molecule has 0 fully saturated rings. The van der Waals surface area contributed by atoms with Crippen molar-refractivity contribution in [1.29, 1.82) is 5.26 Å². The molecule has 1 aromatic heterocycles. The summed E-state index contributed by atoms with van der Waals surface area (Å²) in [6.45, 7) is 3.17. The van der Waals surface area contributed by atoms with Crippen molar-refractivity contribution in [2.45, 2.75) is 90.1 Å². The molecule has 0 bridgehead atoms. The fourth-order valence-electron chi connectivity index (χ4n) is 3.07. The fourth-order valence-corrected chi connectivity index (χ4v) is 3.07. The van der Waals surface area contributed by atoms with Gasteiger partial charge >= 0.3 is 0 Å². The first-order chi connectivity index (χ1) is 13.8. The maximum Gasteiger partial charge on any atom is 0.213 e. The molecular formula is C23H38N2O3. The van der Waals surface area contributed by atoms with Crippen molar-refractivity contribution in [1.82, 2.24) is 4.98 Å². The van der Waals surface area contributed by atoms with Crippen molar-refractivity contribution in [3.63, 3.8) is 0 Å². The third-order valence-electron chi connectivity index (χ3n) is 4.80. The maximum atomic E-state index is 9.41. The van der Waals surface area contributed by atoms with Gasteiger partial charge in [0.2, 0.25) is 5.88 Å². The molecule has 0 saturated carbocycles. The Balaban J connectivity index is 1.93. The molecule has 0 aliphatic rings. The molecule has 1 heterocycles. The normalized spacial score (nSPS) is 11.9. The van der Waals surface area contributed by atoms with Crippen LogP contribution in [0.5, 0.6) is 5.88 Å². The lowest BCUT2D eigenvalue weighted by Gasteiger charge is -2.16. The number of aliphatic hydroxyl groups excluding tert-OH is 1. The van der Waals surface area contributed by atoms with Crippen LogP contribution in [0, 0.1) is 11.3 Å². The Bertz CT molecular complexity index is 514. The van der Waals surface area contributed by atoms with Gasteiger partial charge in [0, 0.05) is 18.9 Å². The van der Waals surface area contributed by atoms with E-state index < -0.39 is 6.10 Å². The zero-order valence-electron chi connectivity index (χ0n) is 17.6. The van der Waals surface area contributed by atoms with Gasteiger partial charge < -0.3 is 14.6 Å². The number of hydrogen-bond acceptors (Lipinski definition) is 5. The first-order valence-electron chi connectivity index (χ1n) is 11.0. The number of ether oxygens (including phenoxy) is 2. The van der Waals surface area contributed by atoms with E-state index in [9.17, 15) is 5.11 Å². The van der Waals surface area contributed by atoms with Crippen LogP contribution in [-0.2, 0) is 4.74 Å². The quantitative estimate of drug-likeness (QED) is 0.339. The van der Waals surface area contributed by atoms with E-state index in [0.717, 1.165) is 6.42 Å². The highest BCUT2D eigenvalue weighted by molar-refractivity contribution is 5.28. The molecule has 28 heavy (non-hydrogen) atoms. The second kappa shape index (κ2) is 17.5. The Morgan fingerprint density at radius 2 is 1.57 bits per heavy atom. The van der Waals surface area contributed by atoms with Crippen molar-refractivity contribution in [2.75, 3.05) is 19.8 Å². The summed E-state index contributed by atoms with van der Waals surface area (Å²) in [5.41, 5.74) is 0.483. The summed E-state index contributed by atoms with van der Waals surface area (Å²) in [7, 11) is 0. The number of nitriles is 1. The van der Waals surface area contributed by atoms with Crippen LogP contribution in [0.3, 0.4) is 0 Å². The van der Waals surface area contributed by atoms with Crippen molar-refractivity contribution in [3.8, 4) is 11.9 Å². The third-order valence-corrected chi connectivity index (χ3v) is 4.80. The van der Waals surface area contributed by atoms with Gasteiger partial charge in [-0.2, -0.15) is 5.26 Å². The van der Waals surface area contributed by atoms with Gasteiger partial charge in [-0.1, -0.05) is 77.6 Å². The van der Waals surface area contributed by atoms with Gasteiger partial charge in [0.25, 0.3) is 0 Å². The van der Waals surface area contributed by atoms with E-state index in [0.29, 0.717) is 24.7 Å². The number of rotatable bonds is 18. The average Bonchev–Trinajstić information content (AvgIpc) is 2.73. The van der Waals surface area contributed by atoms with E-state index in [1.165, 1.54) is 76.8 Å². The third kappa shape index (κ3) is 12.7. The Morgan fingerprint density at radius 3 is 2.07 bits per heavy atom. The summed E-state index contributed by atoms with van der Waals surface area (Å²) in [5.74, 6) is 0.395. The van der Waals surface area contributed by atoms with Crippen LogP contribution in [-0.4, -0.2) is 36.0 Å². The van der Waals surface area contributed by atoms with E-state index in [1.807, 2.05) is 6.07 Å². The lowest BCUT2D eigenvalue weighted by atomic mass is 10.1. The number of unbranched alkanes of at least 4 members (excludes halogenated alkanes) is 11. The minimum atomic E-state index is -0.433. The standard InChI is InChI=1S/C23H38N2O3/c1-2-3-4-5-6-7-8-9-10-11-12-13-16-27-20-22(19-26)28-23-15-14-21(17-24)18-25-23/h14-15,18,22,26H,2-13,16,19-20H2,1H3/t22-/m0/s1. The first kappa shape index (κ1) is 24.4. The molecule has 0 saturated heterocycles. The van der Waals surface area contributed by atoms with Gasteiger partial charge in [-0.05, 0) is 12.5 Å². The Kier molecular flexibility index (Phi) is 15.2. The highest BCUT2D eigenvalue weighted by Gasteiger charge is 2.10. The Labute approximate surface area is 171 Å². The van der Waals surface area contributed by atoms with E-state index in [1.54, 1.807) is 12.1 Å². The summed E-state index contributed by atoms with van der Waals surface area (Å²) in [4.78, 5) is 4.04. The van der Waals surface area contributed by atoms with Crippen LogP contribution in [0.15, 0.2) is 18.3 Å². The zero-order chi connectivity index (χ0) is 20.3. The SMILES string of the molecule is CCCCCCCCCCCCCCOC[C@H](CO)Oc1ccc(C#N)cn1. The molecular weight excluding hydrogens is 352 g/mol. The Hall–Kier alpha value is -1.64. The van der Waals surface area contributed by atoms with Crippen LogP contribution >= 0.6 is 0 Å². The topological polar surface area (TPSA) is 75.4 Å². The lowest BCUT2D eigenvalue weighted by molar-refractivity contribution is 0.0167. The number of hydrogen-bond donors (Lipinski definition) is 1. The molecule has 0 aliphatic carbocycles. The van der Waals surface area contributed by atoms with Crippen LogP contribution < -0.4 is 4.74 Å². The summed E-state index contributed by atoms with van der Waals surface area (Å²) in [6, 6.07) is 5.29. The molecule has 1 rings (SSSR count). The van der Waals surface area contributed by atoms with Crippen LogP contribution in [0.25, 0.3) is 0 Å². The fraction of sp³-hybridized carbons (Fsp3) is 0.739. The van der Waals surface area contributed by atoms with Gasteiger partial charge in [-0.25, -0.2) is 4.98 Å². The first-order valence-corrected chi connectivity index (χ1v) is 11.0. The molecule has 1 aromatic rings. The summed E-state index contributed by atoms with van der Waals surface area (Å²) in [6.07, 6.45) is 16.9. The monoisotopic (exact) mass is 390 g/mol. The number of aromatic nitrogens is 1. The van der Waals surface area contributed by atoms with E-state index in [4.69, 9.17) is 14.7 Å². The predicted molar refractivity (Wildman–Crippen MR) is 112 cm³/mol. The zero-order valence-corrected chi connectivity index (χ0v) is 17.6. The Morgan fingerprint density at radius 1 is 0.964 bits per heavy atom. The van der Waals surface area contributed by atoms with E-state index in [2.05, 4.69) is 11.9 Å². The van der Waals surface area contributed by atoms with Gasteiger partial charge in [0.15, 0.2) is 0 Å². The lowest BCUT2D eigenvalue weighted by Crippen LogP contribution is -2.27. The summed E-state index contributed by atoms with van der Waals surface area (Å²) in [5, 5.41) is 18.2. The van der Waals surface area contributed by atoms with Crippen molar-refractivity contribution < 1.29 is 14.6 Å². The highest BCUT2D eigenvalue weighted by atomic mass is 16.5. The molecule has 158 valence electrons. The van der Waals surface area contributed by atoms with E-state index >= 15 is 0 Å². The van der Waals surface area contributed by atoms with Crippen LogP contribution in [0.4, 0.5) is 0 Å². The number of pyridine rings is 1. The smallest absolute Gasteiger partial charge is 0.213 e. The molecule has 1 N–H and O–H groups in total. The van der Waals surface area contributed by atoms with Gasteiger partial charge in [-0.3, -0.25) is 0 Å². The maximum absolute atomic E-state index is 9.41. The predicted octanol–water partition coefficient (Wildman–Crippen LogP) is 5.41. The molecule has 0 unspecified atom stereocenters.